The van der Waals surface area contributed by atoms with E-state index < -0.39 is 10.8 Å². The summed E-state index contributed by atoms with van der Waals surface area (Å²) < 4.78 is 10.9. The van der Waals surface area contributed by atoms with Crippen LogP contribution in [0.1, 0.15) is 11.1 Å². The maximum Gasteiger partial charge on any atom is 0.269 e. The van der Waals surface area contributed by atoms with Crippen LogP contribution in [0.2, 0.25) is 5.02 Å². The first kappa shape index (κ1) is 18.3. The number of nitro benzene ring substituents is 1. The molecule has 0 fully saturated rings. The van der Waals surface area contributed by atoms with Crippen LogP contribution in [0.15, 0.2) is 42.5 Å². The Morgan fingerprint density at radius 2 is 2.00 bits per heavy atom. The molecule has 0 saturated heterocycles. The maximum atomic E-state index is 10.8. The Balaban J connectivity index is 2.18. The largest absolute Gasteiger partial charge is 0.493 e. The second kappa shape index (κ2) is 8.16. The number of nitrogens with two attached hydrogens (primary N) is 1. The van der Waals surface area contributed by atoms with E-state index in [-0.39, 0.29) is 12.3 Å². The van der Waals surface area contributed by atoms with Crippen LogP contribution in [-0.4, -0.2) is 17.9 Å². The van der Waals surface area contributed by atoms with Gasteiger partial charge in [-0.2, -0.15) is 0 Å². The third kappa shape index (κ3) is 4.95. The lowest BCUT2D eigenvalue weighted by atomic mass is 10.1. The minimum absolute atomic E-state index is 0.00459. The van der Waals surface area contributed by atoms with Gasteiger partial charge in [-0.25, -0.2) is 0 Å². The molecule has 7 nitrogen and oxygen atoms in total. The molecule has 0 spiro atoms. The Morgan fingerprint density at radius 3 is 2.56 bits per heavy atom. The van der Waals surface area contributed by atoms with Crippen LogP contribution >= 0.6 is 11.6 Å². The van der Waals surface area contributed by atoms with Crippen LogP contribution in [0.5, 0.6) is 11.5 Å². The number of nitro groups is 1. The van der Waals surface area contributed by atoms with Gasteiger partial charge in [-0.1, -0.05) is 11.6 Å². The standard InChI is InChI=1S/C17H15ClN2O5/c1-24-15-9-12(4-7-16(19)21)8-14(18)17(15)25-10-11-2-5-13(6-3-11)20(22)23/h2-9H,10H2,1H3,(H2,19,21)/b7-4+. The summed E-state index contributed by atoms with van der Waals surface area (Å²) >= 11 is 6.22. The zero-order chi connectivity index (χ0) is 18.4. The second-order valence-corrected chi connectivity index (χ2v) is 5.39. The van der Waals surface area contributed by atoms with Crippen molar-refractivity contribution in [2.24, 2.45) is 5.73 Å². The van der Waals surface area contributed by atoms with Gasteiger partial charge in [0.2, 0.25) is 5.91 Å². The predicted molar refractivity (Wildman–Crippen MR) is 93.7 cm³/mol. The van der Waals surface area contributed by atoms with Gasteiger partial charge in [0, 0.05) is 18.2 Å². The van der Waals surface area contributed by atoms with E-state index >= 15 is 0 Å². The number of halogens is 1. The van der Waals surface area contributed by atoms with Gasteiger partial charge >= 0.3 is 0 Å². The summed E-state index contributed by atoms with van der Waals surface area (Å²) in [5.41, 5.74) is 6.43. The van der Waals surface area contributed by atoms with Crippen molar-refractivity contribution in [1.82, 2.24) is 0 Å². The summed E-state index contributed by atoms with van der Waals surface area (Å²) in [6, 6.07) is 9.25. The van der Waals surface area contributed by atoms with Crippen molar-refractivity contribution in [2.45, 2.75) is 6.61 Å². The third-order valence-corrected chi connectivity index (χ3v) is 3.50. The minimum atomic E-state index is -0.575. The fourth-order valence-corrected chi connectivity index (χ4v) is 2.30. The average Bonchev–Trinajstić information content (AvgIpc) is 2.58. The fourth-order valence-electron chi connectivity index (χ4n) is 2.02. The highest BCUT2D eigenvalue weighted by Gasteiger charge is 2.12. The van der Waals surface area contributed by atoms with E-state index in [9.17, 15) is 14.9 Å². The first-order chi connectivity index (χ1) is 11.9. The zero-order valence-corrected chi connectivity index (χ0v) is 14.0. The first-order valence-electron chi connectivity index (χ1n) is 7.12. The molecule has 0 aromatic heterocycles. The van der Waals surface area contributed by atoms with E-state index in [4.69, 9.17) is 26.8 Å². The van der Waals surface area contributed by atoms with Crippen LogP contribution in [0.3, 0.4) is 0 Å². The molecule has 0 radical (unpaired) electrons. The molecular weight excluding hydrogens is 348 g/mol. The highest BCUT2D eigenvalue weighted by atomic mass is 35.5. The normalized spacial score (nSPS) is 10.6. The summed E-state index contributed by atoms with van der Waals surface area (Å²) in [4.78, 5) is 21.0. The van der Waals surface area contributed by atoms with Crippen molar-refractivity contribution < 1.29 is 19.2 Å². The van der Waals surface area contributed by atoms with Crippen molar-refractivity contribution in [2.75, 3.05) is 7.11 Å². The van der Waals surface area contributed by atoms with Gasteiger partial charge in [-0.3, -0.25) is 14.9 Å². The summed E-state index contributed by atoms with van der Waals surface area (Å²) in [6.45, 7) is 0.157. The lowest BCUT2D eigenvalue weighted by molar-refractivity contribution is -0.384. The molecule has 2 rings (SSSR count). The number of carbonyl (C=O) groups is 1. The Morgan fingerprint density at radius 1 is 1.32 bits per heavy atom. The SMILES string of the molecule is COc1cc(/C=C/C(N)=O)cc(Cl)c1OCc1ccc([N+](=O)[O-])cc1. The summed E-state index contributed by atoms with van der Waals surface area (Å²) in [6.07, 6.45) is 2.72. The first-order valence-corrected chi connectivity index (χ1v) is 7.49. The van der Waals surface area contributed by atoms with Gasteiger partial charge in [0.15, 0.2) is 11.5 Å². The van der Waals surface area contributed by atoms with Gasteiger partial charge in [-0.15, -0.1) is 0 Å². The molecule has 0 atom stereocenters. The molecule has 8 heteroatoms. The van der Waals surface area contributed by atoms with Gasteiger partial charge < -0.3 is 15.2 Å². The molecule has 0 aliphatic rings. The predicted octanol–water partition coefficient (Wildman–Crippen LogP) is 3.33. The topological polar surface area (TPSA) is 105 Å². The number of benzene rings is 2. The Labute approximate surface area is 148 Å². The van der Waals surface area contributed by atoms with Crippen LogP contribution in [-0.2, 0) is 11.4 Å². The van der Waals surface area contributed by atoms with Crippen molar-refractivity contribution in [3.05, 3.63) is 68.7 Å². The fraction of sp³-hybridized carbons (Fsp3) is 0.118. The Kier molecular flexibility index (Phi) is 5.97. The third-order valence-electron chi connectivity index (χ3n) is 3.22. The van der Waals surface area contributed by atoms with E-state index in [1.165, 1.54) is 31.4 Å². The second-order valence-electron chi connectivity index (χ2n) is 4.98. The van der Waals surface area contributed by atoms with Crippen molar-refractivity contribution in [3.8, 4) is 11.5 Å². The van der Waals surface area contributed by atoms with Crippen molar-refractivity contribution >= 4 is 29.3 Å². The number of non-ortho nitro benzene ring substituents is 1. The van der Waals surface area contributed by atoms with Crippen molar-refractivity contribution in [1.29, 1.82) is 0 Å². The van der Waals surface area contributed by atoms with Gasteiger partial charge in [0.25, 0.3) is 5.69 Å². The molecule has 0 heterocycles. The lowest BCUT2D eigenvalue weighted by Crippen LogP contribution is -2.05. The van der Waals surface area contributed by atoms with Crippen LogP contribution in [0, 0.1) is 10.1 Å². The minimum Gasteiger partial charge on any atom is -0.493 e. The zero-order valence-electron chi connectivity index (χ0n) is 13.3. The number of primary amides is 1. The van der Waals surface area contributed by atoms with Gasteiger partial charge in [-0.05, 0) is 41.5 Å². The highest BCUT2D eigenvalue weighted by Crippen LogP contribution is 2.37. The molecule has 0 aliphatic heterocycles. The number of nitrogens with zero attached hydrogens (tertiary/aromatic N) is 1. The van der Waals surface area contributed by atoms with E-state index in [1.807, 2.05) is 0 Å². The summed E-state index contributed by atoms with van der Waals surface area (Å²) in [5.74, 6) is 0.144. The van der Waals surface area contributed by atoms with Crippen LogP contribution in [0.4, 0.5) is 5.69 Å². The molecule has 1 amide bonds. The molecule has 25 heavy (non-hydrogen) atoms. The maximum absolute atomic E-state index is 10.8. The summed E-state index contributed by atoms with van der Waals surface area (Å²) in [5, 5.41) is 10.9. The Hall–Kier alpha value is -3.06. The smallest absolute Gasteiger partial charge is 0.269 e. The molecule has 0 unspecified atom stereocenters. The molecule has 2 N–H and O–H groups in total. The number of methoxy groups -OCH3 is 1. The molecule has 0 aliphatic carbocycles. The van der Waals surface area contributed by atoms with E-state index in [0.717, 1.165) is 5.56 Å². The number of amides is 1. The molecule has 130 valence electrons. The molecule has 0 saturated carbocycles. The van der Waals surface area contributed by atoms with E-state index in [0.29, 0.717) is 22.1 Å². The molecule has 2 aromatic carbocycles. The molecule has 0 bridgehead atoms. The number of hydrogen-bond acceptors (Lipinski definition) is 5. The number of rotatable bonds is 7. The van der Waals surface area contributed by atoms with Crippen molar-refractivity contribution in [3.63, 3.8) is 0 Å². The monoisotopic (exact) mass is 362 g/mol. The summed E-state index contributed by atoms with van der Waals surface area (Å²) in [7, 11) is 1.46. The molecule has 2 aromatic rings. The van der Waals surface area contributed by atoms with Gasteiger partial charge in [0.1, 0.15) is 6.61 Å². The number of carbonyl (C=O) groups excluding carboxylic acids is 1. The van der Waals surface area contributed by atoms with Crippen LogP contribution in [0.25, 0.3) is 6.08 Å². The Bertz CT molecular complexity index is 819. The number of hydrogen-bond donors (Lipinski definition) is 1. The molecular formula is C17H15ClN2O5. The van der Waals surface area contributed by atoms with E-state index in [2.05, 4.69) is 0 Å². The van der Waals surface area contributed by atoms with E-state index in [1.54, 1.807) is 24.3 Å². The van der Waals surface area contributed by atoms with Gasteiger partial charge in [0.05, 0.1) is 17.1 Å². The van der Waals surface area contributed by atoms with Crippen LogP contribution < -0.4 is 15.2 Å². The quantitative estimate of drug-likeness (QED) is 0.462. The number of ether oxygens (including phenoxy) is 2. The average molecular weight is 363 g/mol. The highest BCUT2D eigenvalue weighted by molar-refractivity contribution is 6.32. The lowest BCUT2D eigenvalue weighted by Gasteiger charge is -2.13.